The number of rotatable bonds is 5. The summed E-state index contributed by atoms with van der Waals surface area (Å²) < 4.78 is 5.66. The van der Waals surface area contributed by atoms with Crippen molar-refractivity contribution in [1.29, 1.82) is 0 Å². The van der Waals surface area contributed by atoms with Crippen molar-refractivity contribution in [3.63, 3.8) is 0 Å². The minimum Gasteiger partial charge on any atom is -0.368 e. The molecule has 0 radical (unpaired) electrons. The van der Waals surface area contributed by atoms with Crippen LogP contribution in [0.4, 0.5) is 0 Å². The molecule has 0 spiro atoms. The highest BCUT2D eigenvalue weighted by atomic mass is 16.5. The molecule has 0 saturated carbocycles. The first-order valence-corrected chi connectivity index (χ1v) is 7.57. The Kier molecular flexibility index (Phi) is 4.65. The zero-order chi connectivity index (χ0) is 15.4. The predicted octanol–water partition coefficient (Wildman–Crippen LogP) is 0.685. The molecule has 7 heteroatoms. The maximum atomic E-state index is 11.8. The van der Waals surface area contributed by atoms with Gasteiger partial charge in [-0.15, -0.1) is 0 Å². The van der Waals surface area contributed by atoms with Gasteiger partial charge in [-0.3, -0.25) is 4.79 Å². The summed E-state index contributed by atoms with van der Waals surface area (Å²) in [6.07, 6.45) is 3.86. The molecule has 2 N–H and O–H groups in total. The van der Waals surface area contributed by atoms with E-state index in [1.54, 1.807) is 6.20 Å². The molecule has 1 aliphatic heterocycles. The van der Waals surface area contributed by atoms with E-state index in [4.69, 9.17) is 4.74 Å². The van der Waals surface area contributed by atoms with Gasteiger partial charge in [-0.25, -0.2) is 9.97 Å². The van der Waals surface area contributed by atoms with E-state index in [9.17, 15) is 4.79 Å². The number of carbonyl (C=O) groups is 1. The van der Waals surface area contributed by atoms with Gasteiger partial charge in [0.2, 0.25) is 5.91 Å². The average Bonchev–Trinajstić information content (AvgIpc) is 2.95. The lowest BCUT2D eigenvalue weighted by molar-refractivity contribution is -0.128. The number of hydrogen-bond acceptors (Lipinski definition) is 5. The highest BCUT2D eigenvalue weighted by molar-refractivity contribution is 5.77. The Morgan fingerprint density at radius 3 is 3.09 bits per heavy atom. The van der Waals surface area contributed by atoms with E-state index < -0.39 is 0 Å². The number of nitrogens with zero attached hydrogens (tertiary/aromatic N) is 3. The van der Waals surface area contributed by atoms with Gasteiger partial charge in [-0.05, 0) is 32.0 Å². The second-order valence-corrected chi connectivity index (χ2v) is 5.65. The topological polar surface area (TPSA) is 83.1 Å². The van der Waals surface area contributed by atoms with Crippen LogP contribution >= 0.6 is 0 Å². The van der Waals surface area contributed by atoms with Crippen LogP contribution in [0.5, 0.6) is 0 Å². The zero-order valence-electron chi connectivity index (χ0n) is 12.7. The Morgan fingerprint density at radius 1 is 1.50 bits per heavy atom. The molecular weight excluding hydrogens is 282 g/mol. The summed E-state index contributed by atoms with van der Waals surface area (Å²) in [6, 6.07) is 3.75. The number of aromatic amines is 1. The number of pyridine rings is 1. The average molecular weight is 303 g/mol. The highest BCUT2D eigenvalue weighted by Crippen LogP contribution is 2.11. The smallest absolute Gasteiger partial charge is 0.246 e. The molecule has 3 rings (SSSR count). The van der Waals surface area contributed by atoms with Crippen molar-refractivity contribution in [2.24, 2.45) is 0 Å². The third-order valence-corrected chi connectivity index (χ3v) is 3.88. The van der Waals surface area contributed by atoms with Crippen LogP contribution in [-0.4, -0.2) is 58.6 Å². The van der Waals surface area contributed by atoms with Crippen molar-refractivity contribution >= 4 is 17.1 Å². The van der Waals surface area contributed by atoms with Crippen LogP contribution in [0.15, 0.2) is 18.3 Å². The van der Waals surface area contributed by atoms with Gasteiger partial charge >= 0.3 is 0 Å². The van der Waals surface area contributed by atoms with Gasteiger partial charge in [-0.1, -0.05) is 0 Å². The first-order valence-electron chi connectivity index (χ1n) is 7.57. The first kappa shape index (κ1) is 14.9. The van der Waals surface area contributed by atoms with Gasteiger partial charge in [0.25, 0.3) is 0 Å². The van der Waals surface area contributed by atoms with Gasteiger partial charge in [-0.2, -0.15) is 0 Å². The van der Waals surface area contributed by atoms with Gasteiger partial charge in [0, 0.05) is 19.3 Å². The standard InChI is InChI=1S/C15H21N5O2/c1-20-7-4-11(5-8-20)22-10-14(21)17-9-13-18-12-3-2-6-16-15(12)19-13/h2-3,6,11H,4-5,7-10H2,1H3,(H,17,21)(H,16,18,19). The summed E-state index contributed by atoms with van der Waals surface area (Å²) in [5, 5.41) is 2.81. The fraction of sp³-hybridized carbons (Fsp3) is 0.533. The highest BCUT2D eigenvalue weighted by Gasteiger charge is 2.18. The van der Waals surface area contributed by atoms with E-state index in [1.807, 2.05) is 12.1 Å². The van der Waals surface area contributed by atoms with Gasteiger partial charge in [0.05, 0.1) is 18.2 Å². The summed E-state index contributed by atoms with van der Waals surface area (Å²) in [7, 11) is 2.10. The molecule has 0 bridgehead atoms. The number of likely N-dealkylation sites (tertiary alicyclic amines) is 1. The second kappa shape index (κ2) is 6.85. The molecule has 0 aliphatic carbocycles. The van der Waals surface area contributed by atoms with Gasteiger partial charge in [0.15, 0.2) is 5.65 Å². The summed E-state index contributed by atoms with van der Waals surface area (Å²) in [4.78, 5) is 25.7. The van der Waals surface area contributed by atoms with Crippen LogP contribution in [0.3, 0.4) is 0 Å². The Morgan fingerprint density at radius 2 is 2.32 bits per heavy atom. The summed E-state index contributed by atoms with van der Waals surface area (Å²) in [5.74, 6) is 0.577. The number of imidazole rings is 1. The summed E-state index contributed by atoms with van der Waals surface area (Å²) in [5.41, 5.74) is 1.53. The molecule has 1 amide bonds. The molecule has 3 heterocycles. The SMILES string of the molecule is CN1CCC(OCC(=O)NCc2nc3ncccc3[nH]2)CC1. The van der Waals surface area contributed by atoms with E-state index in [0.29, 0.717) is 18.0 Å². The Balaban J connectivity index is 1.42. The van der Waals surface area contributed by atoms with Gasteiger partial charge < -0.3 is 19.9 Å². The van der Waals surface area contributed by atoms with Crippen LogP contribution in [0, 0.1) is 0 Å². The molecule has 22 heavy (non-hydrogen) atoms. The molecule has 1 saturated heterocycles. The van der Waals surface area contributed by atoms with Crippen molar-refractivity contribution in [1.82, 2.24) is 25.2 Å². The lowest BCUT2D eigenvalue weighted by atomic mass is 10.1. The van der Waals surface area contributed by atoms with E-state index in [2.05, 4.69) is 32.2 Å². The third-order valence-electron chi connectivity index (χ3n) is 3.88. The number of nitrogens with one attached hydrogen (secondary N) is 2. The lowest BCUT2D eigenvalue weighted by Gasteiger charge is -2.28. The van der Waals surface area contributed by atoms with Gasteiger partial charge in [0.1, 0.15) is 12.4 Å². The Bertz CT molecular complexity index is 601. The number of aromatic nitrogens is 3. The fourth-order valence-corrected chi connectivity index (χ4v) is 2.56. The monoisotopic (exact) mass is 303 g/mol. The fourth-order valence-electron chi connectivity index (χ4n) is 2.56. The molecule has 1 fully saturated rings. The molecular formula is C15H21N5O2. The van der Waals surface area contributed by atoms with Crippen molar-refractivity contribution < 1.29 is 9.53 Å². The number of hydrogen-bond donors (Lipinski definition) is 2. The number of piperidine rings is 1. The Hall–Kier alpha value is -1.99. The van der Waals surface area contributed by atoms with E-state index in [1.165, 1.54) is 0 Å². The van der Waals surface area contributed by atoms with Crippen LogP contribution in [0.1, 0.15) is 18.7 Å². The largest absolute Gasteiger partial charge is 0.368 e. The van der Waals surface area contributed by atoms with Crippen molar-refractivity contribution in [3.8, 4) is 0 Å². The maximum absolute atomic E-state index is 11.8. The van der Waals surface area contributed by atoms with Crippen LogP contribution in [0.25, 0.3) is 11.2 Å². The second-order valence-electron chi connectivity index (χ2n) is 5.65. The summed E-state index contributed by atoms with van der Waals surface area (Å²) >= 11 is 0. The number of carbonyl (C=O) groups excluding carboxylic acids is 1. The number of fused-ring (bicyclic) bond motifs is 1. The predicted molar refractivity (Wildman–Crippen MR) is 82.2 cm³/mol. The molecule has 0 aromatic carbocycles. The molecule has 0 unspecified atom stereocenters. The minimum absolute atomic E-state index is 0.104. The lowest BCUT2D eigenvalue weighted by Crippen LogP contribution is -2.36. The van der Waals surface area contributed by atoms with E-state index >= 15 is 0 Å². The van der Waals surface area contributed by atoms with Crippen LogP contribution in [0.2, 0.25) is 0 Å². The quantitative estimate of drug-likeness (QED) is 0.849. The normalized spacial score (nSPS) is 17.0. The molecule has 0 atom stereocenters. The number of H-pyrrole nitrogens is 1. The molecule has 7 nitrogen and oxygen atoms in total. The van der Waals surface area contributed by atoms with E-state index in [-0.39, 0.29) is 18.6 Å². The first-order chi connectivity index (χ1) is 10.7. The van der Waals surface area contributed by atoms with Crippen molar-refractivity contribution in [2.45, 2.75) is 25.5 Å². The Labute approximate surface area is 129 Å². The number of ether oxygens (including phenoxy) is 1. The zero-order valence-corrected chi connectivity index (χ0v) is 12.7. The molecule has 2 aromatic rings. The molecule has 118 valence electrons. The summed E-state index contributed by atoms with van der Waals surface area (Å²) in [6.45, 7) is 2.51. The molecule has 2 aromatic heterocycles. The van der Waals surface area contributed by atoms with E-state index in [0.717, 1.165) is 31.4 Å². The maximum Gasteiger partial charge on any atom is 0.246 e. The van der Waals surface area contributed by atoms with Crippen molar-refractivity contribution in [2.75, 3.05) is 26.7 Å². The number of amides is 1. The minimum atomic E-state index is -0.118. The van der Waals surface area contributed by atoms with Crippen LogP contribution < -0.4 is 5.32 Å². The van der Waals surface area contributed by atoms with Crippen molar-refractivity contribution in [3.05, 3.63) is 24.2 Å². The van der Waals surface area contributed by atoms with Crippen LogP contribution in [-0.2, 0) is 16.1 Å². The molecule has 1 aliphatic rings. The third kappa shape index (κ3) is 3.80.